The Labute approximate surface area is 439 Å². The highest BCUT2D eigenvalue weighted by molar-refractivity contribution is 6.21. The Hall–Kier alpha value is -9.38. The fourth-order valence-electron chi connectivity index (χ4n) is 14.4. The summed E-state index contributed by atoms with van der Waals surface area (Å²) in [5, 5.41) is 10.00. The van der Waals surface area contributed by atoms with Crippen LogP contribution in [0.15, 0.2) is 231 Å². The molecule has 4 aromatic heterocycles. The number of nitrogens with zero attached hydrogens (tertiary/aromatic N) is 4. The van der Waals surface area contributed by atoms with Crippen LogP contribution in [0.25, 0.3) is 132 Å². The average Bonchev–Trinajstić information content (AvgIpc) is 4.28. The molecular weight excluding hydrogens is 921 g/mol. The number of hydrogen-bond acceptors (Lipinski definition) is 0. The summed E-state index contributed by atoms with van der Waals surface area (Å²) < 4.78 is 9.98. The van der Waals surface area contributed by atoms with Gasteiger partial charge in [-0.2, -0.15) is 0 Å². The molecule has 0 radical (unpaired) electrons. The van der Waals surface area contributed by atoms with Crippen molar-refractivity contribution in [1.29, 1.82) is 0 Å². The summed E-state index contributed by atoms with van der Waals surface area (Å²) in [7, 11) is 0. The highest BCUT2D eigenvalue weighted by Gasteiger charge is 2.38. The summed E-state index contributed by atoms with van der Waals surface area (Å²) >= 11 is 0. The zero-order valence-corrected chi connectivity index (χ0v) is 42.7. The third-order valence-corrected chi connectivity index (χ3v) is 17.9. The van der Waals surface area contributed by atoms with E-state index in [0.29, 0.717) is 0 Å². The molecule has 15 aromatic rings. The molecule has 0 fully saturated rings. The second-order valence-electron chi connectivity index (χ2n) is 22.5. The molecule has 2 aliphatic carbocycles. The van der Waals surface area contributed by atoms with Gasteiger partial charge in [0.25, 0.3) is 0 Å². The number of fused-ring (bicyclic) bond motifs is 18. The molecule has 0 atom stereocenters. The van der Waals surface area contributed by atoms with Gasteiger partial charge in [0, 0.05) is 76.7 Å². The minimum absolute atomic E-state index is 0.151. The Morgan fingerprint density at radius 3 is 0.908 bits per heavy atom. The molecule has 4 heteroatoms. The van der Waals surface area contributed by atoms with E-state index in [1.807, 2.05) is 0 Å². The van der Waals surface area contributed by atoms with E-state index in [9.17, 15) is 0 Å². The molecule has 4 heterocycles. The second kappa shape index (κ2) is 14.7. The third kappa shape index (κ3) is 5.37. The Bertz CT molecular complexity index is 4700. The fourth-order valence-corrected chi connectivity index (χ4v) is 14.4. The normalized spacial score (nSPS) is 14.3. The van der Waals surface area contributed by atoms with Gasteiger partial charge in [-0.1, -0.05) is 149 Å². The topological polar surface area (TPSA) is 19.7 Å². The Morgan fingerprint density at radius 1 is 0.211 bits per heavy atom. The second-order valence-corrected chi connectivity index (χ2v) is 22.5. The molecule has 0 unspecified atom stereocenters. The molecule has 76 heavy (non-hydrogen) atoms. The van der Waals surface area contributed by atoms with Crippen LogP contribution in [-0.2, 0) is 10.8 Å². The number of benzene rings is 11. The van der Waals surface area contributed by atoms with Crippen molar-refractivity contribution >= 4 is 87.2 Å². The average molecular weight is 971 g/mol. The monoisotopic (exact) mass is 970 g/mol. The van der Waals surface area contributed by atoms with Gasteiger partial charge >= 0.3 is 0 Å². The number of rotatable bonds is 4. The van der Waals surface area contributed by atoms with Crippen LogP contribution in [0.2, 0.25) is 0 Å². The first-order chi connectivity index (χ1) is 37.2. The lowest BCUT2D eigenvalue weighted by Crippen LogP contribution is -2.15. The van der Waals surface area contributed by atoms with Crippen LogP contribution in [0.1, 0.15) is 49.9 Å². The summed E-state index contributed by atoms with van der Waals surface area (Å²) in [6.07, 6.45) is 0. The molecule has 0 spiro atoms. The molecule has 358 valence electrons. The van der Waals surface area contributed by atoms with Gasteiger partial charge in [-0.05, 0) is 154 Å². The highest BCUT2D eigenvalue weighted by Crippen LogP contribution is 2.54. The summed E-state index contributed by atoms with van der Waals surface area (Å²) in [6.45, 7) is 9.57. The minimum Gasteiger partial charge on any atom is -0.309 e. The molecule has 0 amide bonds. The van der Waals surface area contributed by atoms with Crippen molar-refractivity contribution in [3.8, 4) is 45.0 Å². The first kappa shape index (κ1) is 42.0. The van der Waals surface area contributed by atoms with Crippen molar-refractivity contribution in [2.75, 3.05) is 0 Å². The van der Waals surface area contributed by atoms with Crippen molar-refractivity contribution in [3.63, 3.8) is 0 Å². The molecule has 2 aliphatic rings. The number of aromatic nitrogens is 4. The van der Waals surface area contributed by atoms with Crippen molar-refractivity contribution in [2.24, 2.45) is 0 Å². The van der Waals surface area contributed by atoms with Gasteiger partial charge in [-0.15, -0.1) is 0 Å². The molecule has 17 rings (SSSR count). The van der Waals surface area contributed by atoms with Crippen molar-refractivity contribution in [2.45, 2.75) is 38.5 Å². The first-order valence-electron chi connectivity index (χ1n) is 26.8. The molecule has 0 bridgehead atoms. The number of para-hydroxylation sites is 4. The quantitative estimate of drug-likeness (QED) is 0.167. The predicted octanol–water partition coefficient (Wildman–Crippen LogP) is 18.7. The molecule has 11 aromatic carbocycles. The van der Waals surface area contributed by atoms with Crippen LogP contribution in [0.5, 0.6) is 0 Å². The summed E-state index contributed by atoms with van der Waals surface area (Å²) in [4.78, 5) is 0. The van der Waals surface area contributed by atoms with Crippen molar-refractivity contribution in [1.82, 2.24) is 18.3 Å². The maximum absolute atomic E-state index is 2.54. The maximum atomic E-state index is 2.54. The molecule has 0 saturated heterocycles. The Balaban J connectivity index is 0.938. The Morgan fingerprint density at radius 2 is 0.500 bits per heavy atom. The molecule has 0 N–H and O–H groups in total. The van der Waals surface area contributed by atoms with Crippen molar-refractivity contribution < 1.29 is 0 Å². The lowest BCUT2D eigenvalue weighted by atomic mass is 9.82. The van der Waals surface area contributed by atoms with E-state index in [0.717, 1.165) is 22.7 Å². The lowest BCUT2D eigenvalue weighted by molar-refractivity contribution is 0.661. The van der Waals surface area contributed by atoms with E-state index in [-0.39, 0.29) is 10.8 Å². The smallest absolute Gasteiger partial charge is 0.0548 e. The highest BCUT2D eigenvalue weighted by atomic mass is 15.0. The van der Waals surface area contributed by atoms with E-state index < -0.39 is 0 Å². The third-order valence-electron chi connectivity index (χ3n) is 17.9. The van der Waals surface area contributed by atoms with Crippen LogP contribution in [0, 0.1) is 0 Å². The lowest BCUT2D eigenvalue weighted by Gasteiger charge is -2.22. The fraction of sp³-hybridized carbons (Fsp3) is 0.0833. The van der Waals surface area contributed by atoms with Crippen LogP contribution >= 0.6 is 0 Å². The van der Waals surface area contributed by atoms with Gasteiger partial charge in [0.1, 0.15) is 0 Å². The molecular formula is C72H50N4. The molecule has 0 saturated carbocycles. The summed E-state index contributed by atoms with van der Waals surface area (Å²) in [5.41, 5.74) is 24.8. The zero-order valence-electron chi connectivity index (χ0n) is 42.7. The minimum atomic E-state index is -0.151. The number of hydrogen-bond donors (Lipinski definition) is 0. The van der Waals surface area contributed by atoms with Gasteiger partial charge in [-0.25, -0.2) is 0 Å². The maximum Gasteiger partial charge on any atom is 0.0548 e. The van der Waals surface area contributed by atoms with Gasteiger partial charge in [0.05, 0.1) is 44.1 Å². The van der Waals surface area contributed by atoms with E-state index in [2.05, 4.69) is 276 Å². The van der Waals surface area contributed by atoms with Crippen LogP contribution in [0.4, 0.5) is 0 Å². The SMILES string of the molecule is CC1(C)c2ccccc2-c2cc3c4cc5c(cc4n(-c4ccc(-n6c7cc8c(cc7c7cc9c(cc76)c6ccccc6n9-c6ccccc6)-c6ccccc6C8(C)C)cc4)c3cc21)c1ccccc1n5-c1ccccc1. The Kier molecular flexibility index (Phi) is 8.12. The van der Waals surface area contributed by atoms with E-state index in [1.165, 1.54) is 132 Å². The predicted molar refractivity (Wildman–Crippen MR) is 319 cm³/mol. The van der Waals surface area contributed by atoms with Crippen LogP contribution in [0.3, 0.4) is 0 Å². The van der Waals surface area contributed by atoms with Gasteiger partial charge < -0.3 is 18.3 Å². The van der Waals surface area contributed by atoms with Gasteiger partial charge in [0.15, 0.2) is 0 Å². The molecule has 0 aliphatic heterocycles. The van der Waals surface area contributed by atoms with Crippen molar-refractivity contribution in [3.05, 3.63) is 253 Å². The van der Waals surface area contributed by atoms with E-state index in [4.69, 9.17) is 0 Å². The van der Waals surface area contributed by atoms with Gasteiger partial charge in [0.2, 0.25) is 0 Å². The summed E-state index contributed by atoms with van der Waals surface area (Å²) in [5.74, 6) is 0. The molecule has 4 nitrogen and oxygen atoms in total. The zero-order chi connectivity index (χ0) is 50.3. The van der Waals surface area contributed by atoms with E-state index >= 15 is 0 Å². The summed E-state index contributed by atoms with van der Waals surface area (Å²) in [6, 6.07) is 86.8. The van der Waals surface area contributed by atoms with Crippen LogP contribution in [-0.4, -0.2) is 18.3 Å². The van der Waals surface area contributed by atoms with E-state index in [1.54, 1.807) is 0 Å². The van der Waals surface area contributed by atoms with Gasteiger partial charge in [-0.3, -0.25) is 0 Å². The largest absolute Gasteiger partial charge is 0.309 e. The first-order valence-corrected chi connectivity index (χ1v) is 26.8. The van der Waals surface area contributed by atoms with Crippen LogP contribution < -0.4 is 0 Å². The standard InChI is InChI=1S/C72H50N4/c1-71(2)59-27-15-11-23-47(59)51-35-53-57-39-65-55(49-25-13-17-29-63(49)73(65)43-19-7-5-8-20-43)37-67(57)75(69(53)41-61(51)71)45-31-33-46(34-32-45)76-68-38-56-50-26-14-18-30-64(50)74(44-21-9-6-10-22-44)66(56)40-58(68)54-36-52-48-24-12-16-28-60(48)72(3,4)62(52)42-70(54)76/h5-42H,1-4H3.